The molecule has 0 aliphatic rings. The largest absolute Gasteiger partial charge is 0.479 e. The second-order valence-corrected chi connectivity index (χ2v) is 4.00. The van der Waals surface area contributed by atoms with E-state index in [4.69, 9.17) is 10.2 Å². The first-order chi connectivity index (χ1) is 7.29. The predicted molar refractivity (Wildman–Crippen MR) is 50.9 cm³/mol. The molecule has 1 rings (SSSR count). The average Bonchev–Trinajstić information content (AvgIpc) is 2.14. The molecule has 0 saturated heterocycles. The van der Waals surface area contributed by atoms with E-state index >= 15 is 0 Å². The van der Waals surface area contributed by atoms with Crippen LogP contribution in [-0.2, 0) is 4.79 Å². The highest BCUT2D eigenvalue weighted by Crippen LogP contribution is 2.37. The molecule has 2 N–H and O–H groups in total. The number of benzene rings is 1. The van der Waals surface area contributed by atoms with Crippen molar-refractivity contribution < 1.29 is 28.2 Å². The van der Waals surface area contributed by atoms with Gasteiger partial charge in [-0.2, -0.15) is 13.2 Å². The molecule has 16 heavy (non-hydrogen) atoms. The number of carbonyl (C=O) groups is 1. The Morgan fingerprint density at radius 3 is 2.50 bits per heavy atom. The molecule has 0 spiro atoms. The lowest BCUT2D eigenvalue weighted by Gasteiger charge is -2.09. The SMILES string of the molecule is O=C(O)C(O)c1cccc(SC(F)(F)F)c1. The summed E-state index contributed by atoms with van der Waals surface area (Å²) >= 11 is -0.360. The molecule has 88 valence electrons. The summed E-state index contributed by atoms with van der Waals surface area (Å²) in [7, 11) is 0. The maximum atomic E-state index is 12.0. The van der Waals surface area contributed by atoms with Gasteiger partial charge in [0.1, 0.15) is 0 Å². The maximum absolute atomic E-state index is 12.0. The third-order valence-electron chi connectivity index (χ3n) is 1.64. The van der Waals surface area contributed by atoms with Crippen molar-refractivity contribution in [1.29, 1.82) is 0 Å². The minimum Gasteiger partial charge on any atom is -0.479 e. The number of hydrogen-bond donors (Lipinski definition) is 2. The zero-order valence-corrected chi connectivity index (χ0v) is 8.55. The van der Waals surface area contributed by atoms with Gasteiger partial charge in [0.15, 0.2) is 6.10 Å². The molecule has 0 aliphatic carbocycles. The summed E-state index contributed by atoms with van der Waals surface area (Å²) < 4.78 is 36.1. The Balaban J connectivity index is 2.91. The molecule has 0 aliphatic heterocycles. The summed E-state index contributed by atoms with van der Waals surface area (Å²) in [6, 6.07) is 4.70. The summed E-state index contributed by atoms with van der Waals surface area (Å²) in [5, 5.41) is 17.6. The molecule has 1 atom stereocenters. The van der Waals surface area contributed by atoms with Crippen LogP contribution in [0, 0.1) is 0 Å². The third kappa shape index (κ3) is 3.74. The highest BCUT2D eigenvalue weighted by molar-refractivity contribution is 8.00. The van der Waals surface area contributed by atoms with E-state index in [2.05, 4.69) is 0 Å². The number of halogens is 3. The lowest BCUT2D eigenvalue weighted by atomic mass is 10.1. The second-order valence-electron chi connectivity index (χ2n) is 2.86. The number of carboxylic acids is 1. The Morgan fingerprint density at radius 2 is 2.00 bits per heavy atom. The van der Waals surface area contributed by atoms with Crippen LogP contribution in [0.2, 0.25) is 0 Å². The number of aliphatic hydroxyl groups is 1. The Hall–Kier alpha value is -1.21. The van der Waals surface area contributed by atoms with E-state index in [1.54, 1.807) is 0 Å². The average molecular weight is 252 g/mol. The molecule has 0 bridgehead atoms. The first-order valence-electron chi connectivity index (χ1n) is 4.06. The summed E-state index contributed by atoms with van der Waals surface area (Å²) in [6.45, 7) is 0. The van der Waals surface area contributed by atoms with Crippen LogP contribution in [0.3, 0.4) is 0 Å². The summed E-state index contributed by atoms with van der Waals surface area (Å²) in [6.07, 6.45) is -1.81. The fraction of sp³-hybridized carbons (Fsp3) is 0.222. The molecule has 0 aromatic heterocycles. The third-order valence-corrected chi connectivity index (χ3v) is 2.36. The molecule has 1 aromatic carbocycles. The molecule has 1 aromatic rings. The van der Waals surface area contributed by atoms with E-state index in [-0.39, 0.29) is 22.2 Å². The van der Waals surface area contributed by atoms with E-state index < -0.39 is 17.6 Å². The lowest BCUT2D eigenvalue weighted by molar-refractivity contribution is -0.146. The van der Waals surface area contributed by atoms with Gasteiger partial charge >= 0.3 is 11.5 Å². The van der Waals surface area contributed by atoms with Gasteiger partial charge < -0.3 is 10.2 Å². The smallest absolute Gasteiger partial charge is 0.446 e. The number of alkyl halides is 3. The minimum absolute atomic E-state index is 0.0817. The molecule has 0 heterocycles. The number of thioether (sulfide) groups is 1. The van der Waals surface area contributed by atoms with Gasteiger partial charge in [-0.25, -0.2) is 4.79 Å². The van der Waals surface area contributed by atoms with Crippen LogP contribution >= 0.6 is 11.8 Å². The molecule has 1 unspecified atom stereocenters. The van der Waals surface area contributed by atoms with Gasteiger partial charge in [0.05, 0.1) is 0 Å². The van der Waals surface area contributed by atoms with Crippen LogP contribution in [0.25, 0.3) is 0 Å². The van der Waals surface area contributed by atoms with Crippen LogP contribution in [0.5, 0.6) is 0 Å². The molecule has 7 heteroatoms. The number of carboxylic acid groups (broad SMARTS) is 1. The topological polar surface area (TPSA) is 57.5 Å². The van der Waals surface area contributed by atoms with Gasteiger partial charge in [-0.05, 0) is 29.5 Å². The van der Waals surface area contributed by atoms with Crippen molar-refractivity contribution in [3.8, 4) is 0 Å². The Bertz CT molecular complexity index is 392. The zero-order chi connectivity index (χ0) is 12.3. The monoisotopic (exact) mass is 252 g/mol. The predicted octanol–water partition coefficient (Wildman–Crippen LogP) is 2.42. The van der Waals surface area contributed by atoms with Crippen LogP contribution in [0.1, 0.15) is 11.7 Å². The number of aliphatic carboxylic acids is 1. The highest BCUT2D eigenvalue weighted by atomic mass is 32.2. The zero-order valence-electron chi connectivity index (χ0n) is 7.73. The molecule has 0 radical (unpaired) electrons. The van der Waals surface area contributed by atoms with Crippen molar-refractivity contribution in [2.45, 2.75) is 16.5 Å². The molecule has 0 saturated carbocycles. The van der Waals surface area contributed by atoms with Crippen molar-refractivity contribution in [2.24, 2.45) is 0 Å². The van der Waals surface area contributed by atoms with Crippen molar-refractivity contribution in [1.82, 2.24) is 0 Å². The van der Waals surface area contributed by atoms with Crippen LogP contribution in [0.4, 0.5) is 13.2 Å². The van der Waals surface area contributed by atoms with Gasteiger partial charge in [-0.1, -0.05) is 12.1 Å². The van der Waals surface area contributed by atoms with Gasteiger partial charge in [-0.3, -0.25) is 0 Å². The van der Waals surface area contributed by atoms with Gasteiger partial charge in [0, 0.05) is 4.90 Å². The summed E-state index contributed by atoms with van der Waals surface area (Å²) in [5.74, 6) is -1.51. The lowest BCUT2D eigenvalue weighted by Crippen LogP contribution is -2.10. The number of rotatable bonds is 3. The van der Waals surface area contributed by atoms with Crippen LogP contribution < -0.4 is 0 Å². The fourth-order valence-electron chi connectivity index (χ4n) is 1.02. The van der Waals surface area contributed by atoms with E-state index in [0.717, 1.165) is 6.07 Å². The van der Waals surface area contributed by atoms with Crippen molar-refractivity contribution in [2.75, 3.05) is 0 Å². The van der Waals surface area contributed by atoms with Crippen LogP contribution in [-0.4, -0.2) is 21.7 Å². The van der Waals surface area contributed by atoms with Gasteiger partial charge in [0.2, 0.25) is 0 Å². The van der Waals surface area contributed by atoms with Crippen molar-refractivity contribution in [3.63, 3.8) is 0 Å². The fourth-order valence-corrected chi connectivity index (χ4v) is 1.63. The molecule has 3 nitrogen and oxygen atoms in total. The molecule has 0 fully saturated rings. The maximum Gasteiger partial charge on any atom is 0.446 e. The van der Waals surface area contributed by atoms with Crippen molar-refractivity contribution >= 4 is 17.7 Å². The van der Waals surface area contributed by atoms with Gasteiger partial charge in [0.25, 0.3) is 0 Å². The van der Waals surface area contributed by atoms with E-state index in [1.165, 1.54) is 18.2 Å². The second kappa shape index (κ2) is 4.75. The standard InChI is InChI=1S/C9H7F3O3S/c10-9(11,12)16-6-3-1-2-5(4-6)7(13)8(14)15/h1-4,7,13H,(H,14,15). The molecular formula is C9H7F3O3S. The number of aliphatic hydroxyl groups excluding tert-OH is 1. The van der Waals surface area contributed by atoms with E-state index in [1.807, 2.05) is 0 Å². The van der Waals surface area contributed by atoms with E-state index in [0.29, 0.717) is 0 Å². The molecular weight excluding hydrogens is 245 g/mol. The van der Waals surface area contributed by atoms with Gasteiger partial charge in [-0.15, -0.1) is 0 Å². The van der Waals surface area contributed by atoms with Crippen LogP contribution in [0.15, 0.2) is 29.2 Å². The molecule has 0 amide bonds. The Kier molecular flexibility index (Phi) is 3.82. The summed E-state index contributed by atoms with van der Waals surface area (Å²) in [5.41, 5.74) is -4.52. The Morgan fingerprint density at radius 1 is 1.38 bits per heavy atom. The first-order valence-corrected chi connectivity index (χ1v) is 4.88. The minimum atomic E-state index is -4.44. The Labute approximate surface area is 92.9 Å². The quantitative estimate of drug-likeness (QED) is 0.811. The van der Waals surface area contributed by atoms with E-state index in [9.17, 15) is 18.0 Å². The normalized spacial score (nSPS) is 13.5. The first kappa shape index (κ1) is 12.9. The number of hydrogen-bond acceptors (Lipinski definition) is 3. The highest BCUT2D eigenvalue weighted by Gasteiger charge is 2.29. The van der Waals surface area contributed by atoms with Crippen molar-refractivity contribution in [3.05, 3.63) is 29.8 Å². The summed E-state index contributed by atoms with van der Waals surface area (Å²) in [4.78, 5) is 10.3.